The van der Waals surface area contributed by atoms with E-state index in [4.69, 9.17) is 14.2 Å². The quantitative estimate of drug-likeness (QED) is 0.874. The van der Waals surface area contributed by atoms with Crippen LogP contribution in [0.3, 0.4) is 0 Å². The normalized spacial score (nSPS) is 10.1. The largest absolute Gasteiger partial charge is 0.493 e. The molecule has 122 valence electrons. The molecule has 0 radical (unpaired) electrons. The zero-order valence-electron chi connectivity index (χ0n) is 13.5. The van der Waals surface area contributed by atoms with E-state index < -0.39 is 0 Å². The summed E-state index contributed by atoms with van der Waals surface area (Å²) < 4.78 is 15.7. The zero-order valence-corrected chi connectivity index (χ0v) is 13.5. The minimum Gasteiger partial charge on any atom is -0.493 e. The third-order valence-corrected chi connectivity index (χ3v) is 3.22. The van der Waals surface area contributed by atoms with Crippen LogP contribution < -0.4 is 19.5 Å². The molecule has 7 heteroatoms. The van der Waals surface area contributed by atoms with E-state index in [0.29, 0.717) is 29.4 Å². The second kappa shape index (κ2) is 7.44. The van der Waals surface area contributed by atoms with E-state index in [9.17, 15) is 4.79 Å². The molecule has 1 aromatic carbocycles. The van der Waals surface area contributed by atoms with Gasteiger partial charge in [-0.3, -0.25) is 4.79 Å². The Hall–Kier alpha value is -2.83. The summed E-state index contributed by atoms with van der Waals surface area (Å²) in [7, 11) is 4.52. The lowest BCUT2D eigenvalue weighted by Gasteiger charge is -2.14. The Kier molecular flexibility index (Phi) is 5.35. The SMILES string of the molecule is COc1cc(C(=O)NCc2cc(C)ncn2)cc(OC)c1OC. The number of carbonyl (C=O) groups is 1. The molecular formula is C16H19N3O4. The standard InChI is InChI=1S/C16H19N3O4/c1-10-5-12(19-9-18-10)8-17-16(20)11-6-13(21-2)15(23-4)14(7-11)22-3/h5-7,9H,8H2,1-4H3,(H,17,20). The number of hydrogen-bond donors (Lipinski definition) is 1. The van der Waals surface area contributed by atoms with Crippen LogP contribution in [0.15, 0.2) is 24.5 Å². The van der Waals surface area contributed by atoms with Gasteiger partial charge in [0.15, 0.2) is 11.5 Å². The first kappa shape index (κ1) is 16.5. The second-order valence-corrected chi connectivity index (χ2v) is 4.75. The van der Waals surface area contributed by atoms with Crippen molar-refractivity contribution < 1.29 is 19.0 Å². The van der Waals surface area contributed by atoms with Crippen LogP contribution in [0.5, 0.6) is 17.2 Å². The molecule has 1 amide bonds. The van der Waals surface area contributed by atoms with Gasteiger partial charge in [-0.25, -0.2) is 9.97 Å². The number of ether oxygens (including phenoxy) is 3. The number of aryl methyl sites for hydroxylation is 1. The highest BCUT2D eigenvalue weighted by Gasteiger charge is 2.16. The van der Waals surface area contributed by atoms with Gasteiger partial charge in [0, 0.05) is 11.3 Å². The van der Waals surface area contributed by atoms with Gasteiger partial charge in [0.25, 0.3) is 5.91 Å². The Labute approximate surface area is 134 Å². The van der Waals surface area contributed by atoms with Crippen molar-refractivity contribution in [2.75, 3.05) is 21.3 Å². The van der Waals surface area contributed by atoms with Crippen LogP contribution in [-0.2, 0) is 6.54 Å². The van der Waals surface area contributed by atoms with Gasteiger partial charge in [0.2, 0.25) is 5.75 Å². The molecule has 0 saturated heterocycles. The first-order valence-corrected chi connectivity index (χ1v) is 6.94. The fourth-order valence-corrected chi connectivity index (χ4v) is 2.09. The predicted octanol–water partition coefficient (Wildman–Crippen LogP) is 1.74. The van der Waals surface area contributed by atoms with Crippen LogP contribution in [-0.4, -0.2) is 37.2 Å². The number of rotatable bonds is 6. The Balaban J connectivity index is 2.18. The fraction of sp³-hybridized carbons (Fsp3) is 0.312. The maximum atomic E-state index is 12.3. The molecular weight excluding hydrogens is 298 g/mol. The summed E-state index contributed by atoms with van der Waals surface area (Å²) >= 11 is 0. The van der Waals surface area contributed by atoms with Gasteiger partial charge in [-0.1, -0.05) is 0 Å². The average molecular weight is 317 g/mol. The molecule has 1 heterocycles. The summed E-state index contributed by atoms with van der Waals surface area (Å²) in [5.74, 6) is 1.03. The van der Waals surface area contributed by atoms with Crippen molar-refractivity contribution in [1.82, 2.24) is 15.3 Å². The maximum Gasteiger partial charge on any atom is 0.251 e. The van der Waals surface area contributed by atoms with Gasteiger partial charge in [-0.15, -0.1) is 0 Å². The van der Waals surface area contributed by atoms with E-state index in [0.717, 1.165) is 11.4 Å². The number of nitrogens with one attached hydrogen (secondary N) is 1. The van der Waals surface area contributed by atoms with Crippen LogP contribution in [0.25, 0.3) is 0 Å². The summed E-state index contributed by atoms with van der Waals surface area (Å²) in [5, 5.41) is 2.80. The van der Waals surface area contributed by atoms with Crippen LogP contribution in [0, 0.1) is 6.92 Å². The lowest BCUT2D eigenvalue weighted by molar-refractivity contribution is 0.0949. The molecule has 7 nitrogen and oxygen atoms in total. The number of hydrogen-bond acceptors (Lipinski definition) is 6. The molecule has 0 bridgehead atoms. The minimum atomic E-state index is -0.263. The van der Waals surface area contributed by atoms with Crippen LogP contribution in [0.2, 0.25) is 0 Å². The van der Waals surface area contributed by atoms with Crippen LogP contribution >= 0.6 is 0 Å². The van der Waals surface area contributed by atoms with Crippen molar-refractivity contribution in [3.63, 3.8) is 0 Å². The van der Waals surface area contributed by atoms with Gasteiger partial charge < -0.3 is 19.5 Å². The van der Waals surface area contributed by atoms with Crippen molar-refractivity contribution in [2.45, 2.75) is 13.5 Å². The molecule has 2 rings (SSSR count). The van der Waals surface area contributed by atoms with E-state index in [1.807, 2.05) is 13.0 Å². The first-order valence-electron chi connectivity index (χ1n) is 6.94. The molecule has 0 saturated carbocycles. The second-order valence-electron chi connectivity index (χ2n) is 4.75. The summed E-state index contributed by atoms with van der Waals surface area (Å²) in [4.78, 5) is 20.5. The molecule has 0 fully saturated rings. The van der Waals surface area contributed by atoms with Gasteiger partial charge in [0.1, 0.15) is 6.33 Å². The third kappa shape index (κ3) is 3.88. The fourth-order valence-electron chi connectivity index (χ4n) is 2.09. The smallest absolute Gasteiger partial charge is 0.251 e. The van der Waals surface area contributed by atoms with Crippen molar-refractivity contribution >= 4 is 5.91 Å². The molecule has 0 spiro atoms. The predicted molar refractivity (Wildman–Crippen MR) is 84.0 cm³/mol. The van der Waals surface area contributed by atoms with E-state index in [1.165, 1.54) is 27.7 Å². The number of methoxy groups -OCH3 is 3. The highest BCUT2D eigenvalue weighted by Crippen LogP contribution is 2.38. The molecule has 1 N–H and O–H groups in total. The molecule has 2 aromatic rings. The number of amides is 1. The molecule has 0 aliphatic carbocycles. The molecule has 0 unspecified atom stereocenters. The van der Waals surface area contributed by atoms with Gasteiger partial charge in [0.05, 0.1) is 33.6 Å². The molecule has 23 heavy (non-hydrogen) atoms. The number of benzene rings is 1. The van der Waals surface area contributed by atoms with Gasteiger partial charge >= 0.3 is 0 Å². The Bertz CT molecular complexity index is 678. The number of aromatic nitrogens is 2. The Morgan fingerprint density at radius 2 is 1.70 bits per heavy atom. The van der Waals surface area contributed by atoms with Gasteiger partial charge in [-0.05, 0) is 25.1 Å². The average Bonchev–Trinajstić information content (AvgIpc) is 2.58. The Morgan fingerprint density at radius 1 is 1.04 bits per heavy atom. The monoisotopic (exact) mass is 317 g/mol. The first-order chi connectivity index (χ1) is 11.1. The molecule has 0 aliphatic heterocycles. The summed E-state index contributed by atoms with van der Waals surface area (Å²) in [6, 6.07) is 5.01. The van der Waals surface area contributed by atoms with Crippen molar-refractivity contribution in [3.8, 4) is 17.2 Å². The van der Waals surface area contributed by atoms with Gasteiger partial charge in [-0.2, -0.15) is 0 Å². The summed E-state index contributed by atoms with van der Waals surface area (Å²) in [6.07, 6.45) is 1.47. The highest BCUT2D eigenvalue weighted by molar-refractivity contribution is 5.95. The Morgan fingerprint density at radius 3 is 2.22 bits per heavy atom. The number of nitrogens with zero attached hydrogens (tertiary/aromatic N) is 2. The maximum absolute atomic E-state index is 12.3. The molecule has 1 aromatic heterocycles. The van der Waals surface area contributed by atoms with E-state index >= 15 is 0 Å². The molecule has 0 aliphatic rings. The van der Waals surface area contributed by atoms with E-state index in [2.05, 4.69) is 15.3 Å². The van der Waals surface area contributed by atoms with E-state index in [-0.39, 0.29) is 5.91 Å². The molecule has 0 atom stereocenters. The summed E-state index contributed by atoms with van der Waals surface area (Å²) in [6.45, 7) is 2.17. The lowest BCUT2D eigenvalue weighted by Crippen LogP contribution is -2.23. The van der Waals surface area contributed by atoms with E-state index in [1.54, 1.807) is 12.1 Å². The van der Waals surface area contributed by atoms with Crippen molar-refractivity contribution in [3.05, 3.63) is 41.5 Å². The van der Waals surface area contributed by atoms with Crippen LogP contribution in [0.1, 0.15) is 21.7 Å². The lowest BCUT2D eigenvalue weighted by atomic mass is 10.1. The topological polar surface area (TPSA) is 82.6 Å². The highest BCUT2D eigenvalue weighted by atomic mass is 16.5. The van der Waals surface area contributed by atoms with Crippen molar-refractivity contribution in [1.29, 1.82) is 0 Å². The zero-order chi connectivity index (χ0) is 16.8. The third-order valence-electron chi connectivity index (χ3n) is 3.22. The van der Waals surface area contributed by atoms with Crippen LogP contribution in [0.4, 0.5) is 0 Å². The minimum absolute atomic E-state index is 0.263. The van der Waals surface area contributed by atoms with Crippen molar-refractivity contribution in [2.24, 2.45) is 0 Å². The number of carbonyl (C=O) groups excluding carboxylic acids is 1. The summed E-state index contributed by atoms with van der Waals surface area (Å²) in [5.41, 5.74) is 1.99.